The molecule has 0 fully saturated rings. The summed E-state index contributed by atoms with van der Waals surface area (Å²) in [5, 5.41) is 4.00. The summed E-state index contributed by atoms with van der Waals surface area (Å²) in [5.41, 5.74) is 6.57. The molecule has 4 rings (SSSR count). The Morgan fingerprint density at radius 3 is 2.39 bits per heavy atom. The monoisotopic (exact) mass is 434 g/mol. The average molecular weight is 435 g/mol. The van der Waals surface area contributed by atoms with Crippen molar-refractivity contribution in [3.63, 3.8) is 0 Å². The lowest BCUT2D eigenvalue weighted by molar-refractivity contribution is 0.0838. The summed E-state index contributed by atoms with van der Waals surface area (Å²) in [6.45, 7) is 15.1. The molecule has 5 heteroatoms. The molecule has 0 amide bonds. The van der Waals surface area contributed by atoms with E-state index in [0.29, 0.717) is 22.5 Å². The smallest absolute Gasteiger partial charge is 0.199 e. The number of ether oxygens (including phenoxy) is 1. The first-order chi connectivity index (χ1) is 14.5. The highest BCUT2D eigenvalue weighted by molar-refractivity contribution is 7.80. The molecule has 1 N–H and O–H groups in total. The fourth-order valence-electron chi connectivity index (χ4n) is 4.26. The van der Waals surface area contributed by atoms with Gasteiger partial charge in [0.2, 0.25) is 0 Å². The third-order valence-electron chi connectivity index (χ3n) is 6.99. The number of aryl methyl sites for hydroxylation is 2. The largest absolute Gasteiger partial charge is 0.486 e. The Balaban J connectivity index is 1.88. The maximum Gasteiger partial charge on any atom is 0.199 e. The van der Waals surface area contributed by atoms with Crippen LogP contribution in [0.3, 0.4) is 0 Å². The van der Waals surface area contributed by atoms with Crippen LogP contribution in [0.15, 0.2) is 35.3 Å². The van der Waals surface area contributed by atoms with Gasteiger partial charge in [0.05, 0.1) is 22.0 Å². The summed E-state index contributed by atoms with van der Waals surface area (Å²) >= 11 is 5.70. The molecule has 31 heavy (non-hydrogen) atoms. The SMILES string of the molecule is Cc1ccc(CNC(=S)c2cn3c4c(c(C)c(C)c(C)c4c2=O)O[C@H](C)C3(C)C)cc1. The average Bonchev–Trinajstić information content (AvgIpc) is 2.73. The molecule has 1 aliphatic rings. The Morgan fingerprint density at radius 2 is 1.74 bits per heavy atom. The van der Waals surface area contributed by atoms with Gasteiger partial charge in [0, 0.05) is 12.7 Å². The minimum Gasteiger partial charge on any atom is -0.486 e. The number of hydrogen-bond donors (Lipinski definition) is 1. The number of aromatic nitrogens is 1. The first-order valence-corrected chi connectivity index (χ1v) is 11.1. The highest BCUT2D eigenvalue weighted by Crippen LogP contribution is 2.42. The van der Waals surface area contributed by atoms with E-state index in [1.807, 2.05) is 13.1 Å². The molecule has 3 aromatic rings. The van der Waals surface area contributed by atoms with Crippen molar-refractivity contribution in [1.82, 2.24) is 9.88 Å². The number of nitrogens with zero attached hydrogens (tertiary/aromatic N) is 1. The minimum atomic E-state index is -0.325. The van der Waals surface area contributed by atoms with Crippen LogP contribution in [0.1, 0.15) is 54.2 Å². The van der Waals surface area contributed by atoms with Crippen LogP contribution in [0.2, 0.25) is 0 Å². The summed E-state index contributed by atoms with van der Waals surface area (Å²) in [6, 6.07) is 8.31. The maximum absolute atomic E-state index is 13.7. The highest BCUT2D eigenvalue weighted by Gasteiger charge is 2.38. The summed E-state index contributed by atoms with van der Waals surface area (Å²) in [5.74, 6) is 0.812. The Bertz CT molecular complexity index is 1270. The van der Waals surface area contributed by atoms with E-state index < -0.39 is 0 Å². The second-order valence-corrected chi connectivity index (χ2v) is 9.66. The van der Waals surface area contributed by atoms with E-state index in [0.717, 1.165) is 33.5 Å². The predicted octanol–water partition coefficient (Wildman–Crippen LogP) is 5.22. The van der Waals surface area contributed by atoms with Crippen molar-refractivity contribution in [2.24, 2.45) is 0 Å². The van der Waals surface area contributed by atoms with E-state index >= 15 is 0 Å². The lowest BCUT2D eigenvalue weighted by Crippen LogP contribution is -2.46. The fourth-order valence-corrected chi connectivity index (χ4v) is 4.48. The van der Waals surface area contributed by atoms with Crippen LogP contribution in [0.4, 0.5) is 0 Å². The number of hydrogen-bond acceptors (Lipinski definition) is 3. The second-order valence-electron chi connectivity index (χ2n) is 9.25. The maximum atomic E-state index is 13.7. The van der Waals surface area contributed by atoms with Gasteiger partial charge in [-0.3, -0.25) is 4.79 Å². The van der Waals surface area contributed by atoms with Crippen LogP contribution >= 0.6 is 12.2 Å². The van der Waals surface area contributed by atoms with Crippen molar-refractivity contribution in [2.75, 3.05) is 0 Å². The van der Waals surface area contributed by atoms with Crippen LogP contribution in [0.25, 0.3) is 10.9 Å². The first kappa shape index (κ1) is 21.6. The summed E-state index contributed by atoms with van der Waals surface area (Å²) in [7, 11) is 0. The normalized spacial score (nSPS) is 16.8. The van der Waals surface area contributed by atoms with E-state index in [2.05, 4.69) is 75.7 Å². The third kappa shape index (κ3) is 3.35. The number of thiocarbonyl (C=S) groups is 1. The van der Waals surface area contributed by atoms with E-state index in [4.69, 9.17) is 17.0 Å². The van der Waals surface area contributed by atoms with Crippen LogP contribution in [-0.4, -0.2) is 15.7 Å². The summed E-state index contributed by atoms with van der Waals surface area (Å²) in [6.07, 6.45) is 1.87. The standard InChI is InChI=1S/C26H30N2O2S/c1-14-8-10-19(11-9-14)12-27-25(31)20-13-28-22-21(23(20)29)16(3)15(2)17(4)24(22)30-18(5)26(28,6)7/h8-11,13,18H,12H2,1-7H3,(H,27,31)/t18-/m1/s1. The van der Waals surface area contributed by atoms with Gasteiger partial charge in [0.25, 0.3) is 0 Å². The Morgan fingerprint density at radius 1 is 1.10 bits per heavy atom. The molecule has 0 unspecified atom stereocenters. The van der Waals surface area contributed by atoms with Gasteiger partial charge < -0.3 is 14.6 Å². The van der Waals surface area contributed by atoms with Crippen molar-refractivity contribution < 1.29 is 4.74 Å². The van der Waals surface area contributed by atoms with Gasteiger partial charge in [-0.2, -0.15) is 0 Å². The molecule has 2 heterocycles. The molecule has 0 saturated heterocycles. The Kier molecular flexibility index (Phi) is 5.21. The Labute approximate surface area is 189 Å². The topological polar surface area (TPSA) is 43.3 Å². The van der Waals surface area contributed by atoms with E-state index in [-0.39, 0.29) is 17.1 Å². The lowest BCUT2D eigenvalue weighted by Gasteiger charge is -2.41. The van der Waals surface area contributed by atoms with Gasteiger partial charge in [-0.1, -0.05) is 42.0 Å². The second kappa shape index (κ2) is 7.49. The van der Waals surface area contributed by atoms with Crippen LogP contribution < -0.4 is 15.5 Å². The summed E-state index contributed by atoms with van der Waals surface area (Å²) < 4.78 is 8.54. The minimum absolute atomic E-state index is 0.0385. The van der Waals surface area contributed by atoms with Gasteiger partial charge in [-0.05, 0) is 70.7 Å². The molecule has 2 aromatic carbocycles. The molecule has 4 nitrogen and oxygen atoms in total. The van der Waals surface area contributed by atoms with Crippen LogP contribution in [0, 0.1) is 27.7 Å². The molecule has 0 spiro atoms. The molecule has 0 saturated carbocycles. The van der Waals surface area contributed by atoms with Gasteiger partial charge in [-0.25, -0.2) is 0 Å². The van der Waals surface area contributed by atoms with Crippen LogP contribution in [-0.2, 0) is 12.1 Å². The Hall–Kier alpha value is -2.66. The quantitative estimate of drug-likeness (QED) is 0.574. The van der Waals surface area contributed by atoms with Crippen molar-refractivity contribution >= 4 is 28.1 Å². The molecule has 1 aliphatic heterocycles. The molecule has 0 radical (unpaired) electrons. The number of rotatable bonds is 3. The van der Waals surface area contributed by atoms with Crippen LogP contribution in [0.5, 0.6) is 5.75 Å². The fraction of sp³-hybridized carbons (Fsp3) is 0.385. The molecule has 162 valence electrons. The van der Waals surface area contributed by atoms with Crippen molar-refractivity contribution in [2.45, 2.75) is 66.7 Å². The zero-order chi connectivity index (χ0) is 22.7. The molecule has 0 bridgehead atoms. The highest BCUT2D eigenvalue weighted by atomic mass is 32.1. The van der Waals surface area contributed by atoms with Crippen molar-refractivity contribution in [1.29, 1.82) is 0 Å². The number of pyridine rings is 1. The van der Waals surface area contributed by atoms with Gasteiger partial charge in [0.15, 0.2) is 5.43 Å². The first-order valence-electron chi connectivity index (χ1n) is 10.7. The van der Waals surface area contributed by atoms with Gasteiger partial charge in [-0.15, -0.1) is 0 Å². The van der Waals surface area contributed by atoms with Gasteiger partial charge in [0.1, 0.15) is 16.8 Å². The zero-order valence-corrected chi connectivity index (χ0v) is 20.2. The lowest BCUT2D eigenvalue weighted by atomic mass is 9.90. The molecular formula is C26H30N2O2S. The predicted molar refractivity (Wildman–Crippen MR) is 132 cm³/mol. The number of benzene rings is 2. The molecule has 1 atom stereocenters. The van der Waals surface area contributed by atoms with Crippen molar-refractivity contribution in [3.05, 3.63) is 74.1 Å². The van der Waals surface area contributed by atoms with E-state index in [9.17, 15) is 4.79 Å². The zero-order valence-electron chi connectivity index (χ0n) is 19.3. The van der Waals surface area contributed by atoms with E-state index in [1.54, 1.807) is 0 Å². The van der Waals surface area contributed by atoms with Gasteiger partial charge >= 0.3 is 0 Å². The third-order valence-corrected chi connectivity index (χ3v) is 7.36. The molecular weight excluding hydrogens is 404 g/mol. The molecule has 1 aromatic heterocycles. The molecule has 0 aliphatic carbocycles. The van der Waals surface area contributed by atoms with Crippen molar-refractivity contribution in [3.8, 4) is 5.75 Å². The summed E-state index contributed by atoms with van der Waals surface area (Å²) in [4.78, 5) is 14.1. The van der Waals surface area contributed by atoms with E-state index in [1.165, 1.54) is 5.56 Å². The number of nitrogens with one attached hydrogen (secondary N) is 1.